The van der Waals surface area contributed by atoms with Gasteiger partial charge in [-0.2, -0.15) is 13.2 Å². The van der Waals surface area contributed by atoms with Crippen molar-refractivity contribution in [2.45, 2.75) is 51.3 Å². The lowest BCUT2D eigenvalue weighted by atomic mass is 9.76. The van der Waals surface area contributed by atoms with E-state index in [4.69, 9.17) is 4.74 Å². The number of fused-ring (bicyclic) bond motifs is 1. The number of methoxy groups -OCH3 is 1. The molecule has 1 spiro atoms. The Balaban J connectivity index is 1.78. The summed E-state index contributed by atoms with van der Waals surface area (Å²) in [6, 6.07) is 5.79. The Morgan fingerprint density at radius 2 is 1.96 bits per heavy atom. The summed E-state index contributed by atoms with van der Waals surface area (Å²) in [5.41, 5.74) is 1.80. The third-order valence-corrected chi connectivity index (χ3v) is 6.30. The van der Waals surface area contributed by atoms with Crippen LogP contribution in [-0.2, 0) is 10.9 Å². The average molecular weight is 378 g/mol. The van der Waals surface area contributed by atoms with Gasteiger partial charge in [-0.05, 0) is 56.9 Å². The van der Waals surface area contributed by atoms with Crippen molar-refractivity contribution in [1.82, 2.24) is 4.98 Å². The van der Waals surface area contributed by atoms with Gasteiger partial charge in [0, 0.05) is 42.4 Å². The normalized spacial score (nSPS) is 26.3. The number of benzene rings is 1. The van der Waals surface area contributed by atoms with Gasteiger partial charge in [-0.15, -0.1) is 0 Å². The van der Waals surface area contributed by atoms with Crippen molar-refractivity contribution in [3.05, 3.63) is 35.5 Å². The number of hydrogen-bond acceptors (Lipinski definition) is 3. The van der Waals surface area contributed by atoms with E-state index in [0.29, 0.717) is 10.9 Å². The van der Waals surface area contributed by atoms with Gasteiger partial charge in [-0.25, -0.2) is 0 Å². The molecule has 2 heterocycles. The predicted molar refractivity (Wildman–Crippen MR) is 100 cm³/mol. The average Bonchev–Trinajstić information content (AvgIpc) is 3.01. The highest BCUT2D eigenvalue weighted by Crippen LogP contribution is 2.48. The molecule has 27 heavy (non-hydrogen) atoms. The Hall–Kier alpha value is -1.82. The van der Waals surface area contributed by atoms with Gasteiger partial charge in [0.2, 0.25) is 0 Å². The van der Waals surface area contributed by atoms with Crippen LogP contribution in [0.3, 0.4) is 0 Å². The zero-order valence-electron chi connectivity index (χ0n) is 15.8. The molecule has 146 valence electrons. The second-order valence-electron chi connectivity index (χ2n) is 8.02. The fraction of sp³-hybridized carbons (Fsp3) is 0.571. The minimum Gasteiger partial charge on any atom is -0.381 e. The first-order valence-corrected chi connectivity index (χ1v) is 9.59. The molecule has 6 heteroatoms. The second kappa shape index (κ2) is 6.66. The van der Waals surface area contributed by atoms with Gasteiger partial charge in [-0.1, -0.05) is 6.42 Å². The smallest absolute Gasteiger partial charge is 0.381 e. The van der Waals surface area contributed by atoms with Crippen molar-refractivity contribution >= 4 is 16.6 Å². The number of alkyl halides is 3. The number of ether oxygens (including phenoxy) is 1. The van der Waals surface area contributed by atoms with Gasteiger partial charge < -0.3 is 9.64 Å². The predicted octanol–water partition coefficient (Wildman–Crippen LogP) is 5.35. The van der Waals surface area contributed by atoms with Crippen molar-refractivity contribution in [3.63, 3.8) is 0 Å². The van der Waals surface area contributed by atoms with Gasteiger partial charge in [0.1, 0.15) is 0 Å². The lowest BCUT2D eigenvalue weighted by Gasteiger charge is -2.45. The molecule has 0 N–H and O–H groups in total. The molecule has 4 rings (SSSR count). The number of nitrogens with zero attached hydrogens (tertiary/aromatic N) is 2. The van der Waals surface area contributed by atoms with Crippen molar-refractivity contribution in [3.8, 4) is 0 Å². The van der Waals surface area contributed by atoms with Crippen LogP contribution in [0.25, 0.3) is 10.9 Å². The number of aryl methyl sites for hydroxylation is 1. The molecule has 2 atom stereocenters. The molecule has 2 fully saturated rings. The maximum Gasteiger partial charge on any atom is 0.416 e. The highest BCUT2D eigenvalue weighted by atomic mass is 19.4. The van der Waals surface area contributed by atoms with Crippen LogP contribution in [0.15, 0.2) is 24.3 Å². The molecule has 1 aromatic heterocycles. The summed E-state index contributed by atoms with van der Waals surface area (Å²) in [5.74, 6) is 0. The zero-order valence-corrected chi connectivity index (χ0v) is 15.8. The van der Waals surface area contributed by atoms with Gasteiger partial charge in [0.25, 0.3) is 0 Å². The Morgan fingerprint density at radius 1 is 1.19 bits per heavy atom. The number of aromatic nitrogens is 1. The topological polar surface area (TPSA) is 25.4 Å². The summed E-state index contributed by atoms with van der Waals surface area (Å²) in [4.78, 5) is 6.72. The molecule has 0 bridgehead atoms. The van der Waals surface area contributed by atoms with Crippen LogP contribution >= 0.6 is 0 Å². The Morgan fingerprint density at radius 3 is 2.70 bits per heavy atom. The molecule has 3 nitrogen and oxygen atoms in total. The number of hydrogen-bond donors (Lipinski definition) is 0. The molecule has 1 aliphatic carbocycles. The molecule has 1 saturated heterocycles. The van der Waals surface area contributed by atoms with Crippen LogP contribution in [0.5, 0.6) is 0 Å². The number of pyridine rings is 1. The first-order chi connectivity index (χ1) is 12.8. The van der Waals surface area contributed by atoms with Crippen LogP contribution < -0.4 is 4.90 Å². The Labute approximate surface area is 157 Å². The first-order valence-electron chi connectivity index (χ1n) is 9.59. The molecule has 1 aromatic carbocycles. The summed E-state index contributed by atoms with van der Waals surface area (Å²) in [5, 5.41) is 0.583. The summed E-state index contributed by atoms with van der Waals surface area (Å²) in [7, 11) is 1.78. The second-order valence-corrected chi connectivity index (χ2v) is 8.02. The van der Waals surface area contributed by atoms with Gasteiger partial charge in [0.15, 0.2) is 0 Å². The van der Waals surface area contributed by atoms with Gasteiger partial charge in [0.05, 0.1) is 17.2 Å². The molecule has 0 radical (unpaired) electrons. The van der Waals surface area contributed by atoms with Gasteiger partial charge >= 0.3 is 6.18 Å². The van der Waals surface area contributed by atoms with E-state index >= 15 is 0 Å². The number of anilines is 1. The van der Waals surface area contributed by atoms with Crippen LogP contribution in [0, 0.1) is 12.3 Å². The van der Waals surface area contributed by atoms with E-state index in [1.54, 1.807) is 7.11 Å². The summed E-state index contributed by atoms with van der Waals surface area (Å²) in [6.07, 6.45) is 1.38. The molecule has 2 aliphatic rings. The number of piperidine rings is 1. The standard InChI is InChI=1S/C21H25F3N2O/c1-14-11-18(16-12-15(21(22,23)24)6-7-17(16)25-14)26-10-4-9-20(13-26)8-3-5-19(20)27-2/h6-7,11-12,19H,3-5,8-10,13H2,1-2H3/t19-,20+/m1/s1. The number of halogens is 3. The molecular weight excluding hydrogens is 353 g/mol. The van der Waals surface area contributed by atoms with Crippen molar-refractivity contribution in [2.24, 2.45) is 5.41 Å². The maximum absolute atomic E-state index is 13.3. The van der Waals surface area contributed by atoms with E-state index in [9.17, 15) is 13.2 Å². The van der Waals surface area contributed by atoms with Crippen LogP contribution in [-0.4, -0.2) is 31.3 Å². The largest absolute Gasteiger partial charge is 0.416 e. The molecule has 1 aliphatic heterocycles. The highest BCUT2D eigenvalue weighted by Gasteiger charge is 2.46. The fourth-order valence-electron chi connectivity index (χ4n) is 5.08. The third kappa shape index (κ3) is 3.28. The minimum absolute atomic E-state index is 0.109. The van der Waals surface area contributed by atoms with E-state index in [1.165, 1.54) is 12.1 Å². The third-order valence-electron chi connectivity index (χ3n) is 6.30. The fourth-order valence-corrected chi connectivity index (χ4v) is 5.08. The van der Waals surface area contributed by atoms with E-state index in [2.05, 4.69) is 9.88 Å². The van der Waals surface area contributed by atoms with Crippen LogP contribution in [0.2, 0.25) is 0 Å². The molecule has 2 aromatic rings. The Bertz CT molecular complexity index is 851. The molecule has 0 amide bonds. The van der Waals surface area contributed by atoms with Crippen molar-refractivity contribution in [2.75, 3.05) is 25.1 Å². The zero-order chi connectivity index (χ0) is 19.2. The maximum atomic E-state index is 13.3. The monoisotopic (exact) mass is 378 g/mol. The summed E-state index contributed by atoms with van der Waals surface area (Å²) >= 11 is 0. The summed E-state index contributed by atoms with van der Waals surface area (Å²) < 4.78 is 45.5. The van der Waals surface area contributed by atoms with Gasteiger partial charge in [-0.3, -0.25) is 4.98 Å². The van der Waals surface area contributed by atoms with Crippen LogP contribution in [0.4, 0.5) is 18.9 Å². The lowest BCUT2D eigenvalue weighted by molar-refractivity contribution is -0.137. The summed E-state index contributed by atoms with van der Waals surface area (Å²) in [6.45, 7) is 3.58. The minimum atomic E-state index is -4.36. The van der Waals surface area contributed by atoms with E-state index in [-0.39, 0.29) is 11.5 Å². The SMILES string of the molecule is CO[C@@H]1CCC[C@@]12CCCN(c1cc(C)nc3ccc(C(F)(F)F)cc13)C2. The quantitative estimate of drug-likeness (QED) is 0.705. The Kier molecular flexibility index (Phi) is 4.57. The molecule has 1 saturated carbocycles. The van der Waals surface area contributed by atoms with Crippen LogP contribution in [0.1, 0.15) is 43.4 Å². The van der Waals surface area contributed by atoms with Crippen molar-refractivity contribution < 1.29 is 17.9 Å². The molecular formula is C21H25F3N2O. The van der Waals surface area contributed by atoms with E-state index in [0.717, 1.165) is 62.6 Å². The number of rotatable bonds is 2. The van der Waals surface area contributed by atoms with E-state index in [1.807, 2.05) is 13.0 Å². The lowest BCUT2D eigenvalue weighted by Crippen LogP contribution is -2.48. The van der Waals surface area contributed by atoms with Crippen molar-refractivity contribution in [1.29, 1.82) is 0 Å². The van der Waals surface area contributed by atoms with E-state index < -0.39 is 11.7 Å². The molecule has 0 unspecified atom stereocenters. The first kappa shape index (κ1) is 18.5. The highest BCUT2D eigenvalue weighted by molar-refractivity contribution is 5.92.